The maximum atomic E-state index is 9.49. The Morgan fingerprint density at radius 3 is 2.29 bits per heavy atom. The number of phenolic OH excluding ortho intramolecular Hbond substituents is 1. The first-order valence-electron chi connectivity index (χ1n) is 6.42. The molecule has 0 spiro atoms. The number of benzene rings is 1. The van der Waals surface area contributed by atoms with Crippen LogP contribution in [0.4, 0.5) is 0 Å². The van der Waals surface area contributed by atoms with Crippen molar-refractivity contribution in [1.82, 2.24) is 4.90 Å². The monoisotopic (exact) mass is 235 g/mol. The zero-order valence-corrected chi connectivity index (χ0v) is 10.2. The van der Waals surface area contributed by atoms with Crippen LogP contribution in [0.1, 0.15) is 30.7 Å². The molecular weight excluding hydrogens is 214 g/mol. The maximum Gasteiger partial charge on any atom is 0.115 e. The Balaban J connectivity index is 1.97. The molecule has 0 saturated carbocycles. The molecule has 1 heterocycles. The van der Waals surface area contributed by atoms with Crippen LogP contribution in [0.25, 0.3) is 0 Å². The Kier molecular flexibility index (Phi) is 4.40. The van der Waals surface area contributed by atoms with Crippen molar-refractivity contribution < 1.29 is 10.2 Å². The second-order valence-electron chi connectivity index (χ2n) is 4.83. The van der Waals surface area contributed by atoms with Gasteiger partial charge in [0.05, 0.1) is 6.61 Å². The average molecular weight is 235 g/mol. The number of phenols is 1. The summed E-state index contributed by atoms with van der Waals surface area (Å²) in [5.74, 6) is 0.442. The number of hydrogen-bond acceptors (Lipinski definition) is 3. The molecule has 0 aromatic heterocycles. The molecule has 1 aromatic rings. The zero-order chi connectivity index (χ0) is 12.1. The van der Waals surface area contributed by atoms with Gasteiger partial charge in [0.25, 0.3) is 0 Å². The number of aromatic hydroxyl groups is 1. The van der Waals surface area contributed by atoms with E-state index in [0.717, 1.165) is 25.2 Å². The van der Waals surface area contributed by atoms with Gasteiger partial charge in [-0.3, -0.25) is 0 Å². The Hall–Kier alpha value is -1.06. The predicted molar refractivity (Wildman–Crippen MR) is 68.2 cm³/mol. The lowest BCUT2D eigenvalue weighted by atomic mass is 9.98. The normalized spacial score (nSPS) is 19.1. The van der Waals surface area contributed by atoms with Gasteiger partial charge in [-0.05, 0) is 43.6 Å². The molecule has 1 atom stereocenters. The van der Waals surface area contributed by atoms with Crippen LogP contribution in [0.15, 0.2) is 24.3 Å². The van der Waals surface area contributed by atoms with Gasteiger partial charge < -0.3 is 15.1 Å². The summed E-state index contributed by atoms with van der Waals surface area (Å²) >= 11 is 0. The van der Waals surface area contributed by atoms with Crippen LogP contribution >= 0.6 is 0 Å². The topological polar surface area (TPSA) is 43.7 Å². The van der Waals surface area contributed by atoms with Gasteiger partial charge >= 0.3 is 0 Å². The second-order valence-corrected chi connectivity index (χ2v) is 4.83. The molecule has 1 saturated heterocycles. The van der Waals surface area contributed by atoms with Gasteiger partial charge in [0.15, 0.2) is 0 Å². The molecule has 1 aliphatic rings. The van der Waals surface area contributed by atoms with Crippen molar-refractivity contribution in [3.8, 4) is 5.75 Å². The Morgan fingerprint density at radius 1 is 1.06 bits per heavy atom. The van der Waals surface area contributed by atoms with E-state index < -0.39 is 0 Å². The van der Waals surface area contributed by atoms with Crippen LogP contribution in [-0.4, -0.2) is 41.4 Å². The SMILES string of the molecule is OCC(CN1CCCCC1)c1ccc(O)cc1. The molecule has 17 heavy (non-hydrogen) atoms. The lowest BCUT2D eigenvalue weighted by Crippen LogP contribution is -2.34. The largest absolute Gasteiger partial charge is 0.508 e. The predicted octanol–water partition coefficient (Wildman–Crippen LogP) is 1.95. The third kappa shape index (κ3) is 3.45. The highest BCUT2D eigenvalue weighted by atomic mass is 16.3. The van der Waals surface area contributed by atoms with Gasteiger partial charge in [-0.2, -0.15) is 0 Å². The van der Waals surface area contributed by atoms with Crippen LogP contribution in [0.3, 0.4) is 0 Å². The van der Waals surface area contributed by atoms with Crippen molar-refractivity contribution in [3.63, 3.8) is 0 Å². The summed E-state index contributed by atoms with van der Waals surface area (Å²) in [7, 11) is 0. The fourth-order valence-electron chi connectivity index (χ4n) is 2.47. The van der Waals surface area contributed by atoms with Crippen LogP contribution in [0.2, 0.25) is 0 Å². The summed E-state index contributed by atoms with van der Waals surface area (Å²) in [6.45, 7) is 3.38. The first-order chi connectivity index (χ1) is 8.29. The zero-order valence-electron chi connectivity index (χ0n) is 10.2. The lowest BCUT2D eigenvalue weighted by molar-refractivity contribution is 0.179. The van der Waals surface area contributed by atoms with Gasteiger partial charge in [-0.25, -0.2) is 0 Å². The minimum atomic E-state index is 0.161. The Bertz CT molecular complexity index is 331. The number of aliphatic hydroxyl groups is 1. The molecule has 3 heteroatoms. The van der Waals surface area contributed by atoms with Gasteiger partial charge in [-0.15, -0.1) is 0 Å². The van der Waals surface area contributed by atoms with Gasteiger partial charge in [-0.1, -0.05) is 18.6 Å². The van der Waals surface area contributed by atoms with E-state index in [2.05, 4.69) is 4.90 Å². The fraction of sp³-hybridized carbons (Fsp3) is 0.571. The van der Waals surface area contributed by atoms with Crippen LogP contribution in [0, 0.1) is 0 Å². The van der Waals surface area contributed by atoms with Crippen LogP contribution in [0.5, 0.6) is 5.75 Å². The molecule has 2 rings (SSSR count). The van der Waals surface area contributed by atoms with Crippen LogP contribution < -0.4 is 0 Å². The summed E-state index contributed by atoms with van der Waals surface area (Å²) in [5.41, 5.74) is 1.11. The molecule has 94 valence electrons. The first-order valence-corrected chi connectivity index (χ1v) is 6.42. The number of piperidine rings is 1. The average Bonchev–Trinajstić information content (AvgIpc) is 2.38. The minimum absolute atomic E-state index is 0.161. The van der Waals surface area contributed by atoms with E-state index in [4.69, 9.17) is 0 Å². The van der Waals surface area contributed by atoms with E-state index in [-0.39, 0.29) is 18.3 Å². The molecule has 1 aliphatic heterocycles. The number of nitrogens with zero attached hydrogens (tertiary/aromatic N) is 1. The molecule has 3 nitrogen and oxygen atoms in total. The summed E-state index contributed by atoms with van der Waals surface area (Å²) in [4.78, 5) is 2.43. The standard InChI is InChI=1S/C14H21NO2/c16-11-13(10-15-8-2-1-3-9-15)12-4-6-14(17)7-5-12/h4-7,13,16-17H,1-3,8-11H2. The first kappa shape index (κ1) is 12.4. The molecule has 2 N–H and O–H groups in total. The highest BCUT2D eigenvalue weighted by Gasteiger charge is 2.17. The second kappa shape index (κ2) is 6.03. The number of likely N-dealkylation sites (tertiary alicyclic amines) is 1. The molecule has 0 aliphatic carbocycles. The number of hydrogen-bond donors (Lipinski definition) is 2. The summed E-state index contributed by atoms with van der Waals surface area (Å²) in [6.07, 6.45) is 3.88. The van der Waals surface area contributed by atoms with Gasteiger partial charge in [0.2, 0.25) is 0 Å². The van der Waals surface area contributed by atoms with E-state index in [9.17, 15) is 10.2 Å². The maximum absolute atomic E-state index is 9.49. The quantitative estimate of drug-likeness (QED) is 0.838. The smallest absolute Gasteiger partial charge is 0.115 e. The summed E-state index contributed by atoms with van der Waals surface area (Å²) in [6, 6.07) is 7.18. The molecule has 0 radical (unpaired) electrons. The lowest BCUT2D eigenvalue weighted by Gasteiger charge is -2.30. The van der Waals surface area contributed by atoms with Gasteiger partial charge in [0.1, 0.15) is 5.75 Å². The van der Waals surface area contributed by atoms with E-state index in [0.29, 0.717) is 0 Å². The van der Waals surface area contributed by atoms with Gasteiger partial charge in [0, 0.05) is 12.5 Å². The Labute approximate surface area is 103 Å². The molecule has 0 bridgehead atoms. The highest BCUT2D eigenvalue weighted by Crippen LogP contribution is 2.21. The van der Waals surface area contributed by atoms with E-state index in [1.54, 1.807) is 12.1 Å². The van der Waals surface area contributed by atoms with E-state index in [1.807, 2.05) is 12.1 Å². The van der Waals surface area contributed by atoms with Crippen molar-refractivity contribution in [2.45, 2.75) is 25.2 Å². The molecule has 1 fully saturated rings. The van der Waals surface area contributed by atoms with Crippen molar-refractivity contribution in [1.29, 1.82) is 0 Å². The number of aliphatic hydroxyl groups excluding tert-OH is 1. The van der Waals surface area contributed by atoms with Crippen molar-refractivity contribution in [3.05, 3.63) is 29.8 Å². The number of rotatable bonds is 4. The summed E-state index contributed by atoms with van der Waals surface area (Å²) in [5, 5.41) is 18.7. The summed E-state index contributed by atoms with van der Waals surface area (Å²) < 4.78 is 0. The third-order valence-electron chi connectivity index (χ3n) is 3.51. The van der Waals surface area contributed by atoms with Crippen molar-refractivity contribution in [2.24, 2.45) is 0 Å². The van der Waals surface area contributed by atoms with Crippen LogP contribution in [-0.2, 0) is 0 Å². The molecule has 1 unspecified atom stereocenters. The minimum Gasteiger partial charge on any atom is -0.508 e. The van der Waals surface area contributed by atoms with E-state index in [1.165, 1.54) is 19.3 Å². The molecular formula is C14H21NO2. The van der Waals surface area contributed by atoms with Crippen molar-refractivity contribution >= 4 is 0 Å². The Morgan fingerprint density at radius 2 is 1.71 bits per heavy atom. The van der Waals surface area contributed by atoms with E-state index >= 15 is 0 Å². The molecule has 0 amide bonds. The highest BCUT2D eigenvalue weighted by molar-refractivity contribution is 5.28. The third-order valence-corrected chi connectivity index (χ3v) is 3.51. The fourth-order valence-corrected chi connectivity index (χ4v) is 2.47. The van der Waals surface area contributed by atoms with Crippen molar-refractivity contribution in [2.75, 3.05) is 26.2 Å². The molecule has 1 aromatic carbocycles.